The van der Waals surface area contributed by atoms with E-state index in [0.29, 0.717) is 11.3 Å². The van der Waals surface area contributed by atoms with Crippen LogP contribution in [0.15, 0.2) is 48.5 Å². The Hall–Kier alpha value is -2.73. The summed E-state index contributed by atoms with van der Waals surface area (Å²) >= 11 is 0. The van der Waals surface area contributed by atoms with E-state index in [1.165, 1.54) is 24.3 Å². The molecule has 0 saturated carbocycles. The third-order valence-electron chi connectivity index (χ3n) is 4.84. The van der Waals surface area contributed by atoms with Gasteiger partial charge >= 0.3 is 0 Å². The van der Waals surface area contributed by atoms with Crippen LogP contribution >= 0.6 is 0 Å². The second-order valence-electron chi connectivity index (χ2n) is 6.84. The number of halogens is 1. The number of carbonyl (C=O) groups is 2. The molecule has 1 unspecified atom stereocenters. The maximum atomic E-state index is 12.9. The lowest BCUT2D eigenvalue weighted by atomic mass is 9.96. The molecule has 3 rings (SSSR count). The smallest absolute Gasteiger partial charge is 0.255 e. The van der Waals surface area contributed by atoms with Crippen molar-refractivity contribution >= 4 is 17.5 Å². The molecule has 1 atom stereocenters. The van der Waals surface area contributed by atoms with Crippen LogP contribution < -0.4 is 16.0 Å². The highest BCUT2D eigenvalue weighted by atomic mass is 19.1. The second-order valence-corrected chi connectivity index (χ2v) is 6.84. The Morgan fingerprint density at radius 1 is 1.04 bits per heavy atom. The predicted octanol–water partition coefficient (Wildman–Crippen LogP) is 3.25. The lowest BCUT2D eigenvalue weighted by Gasteiger charge is -2.24. The SMILES string of the molecule is CC(NC(=O)C1CCNCC1)c1ccc(NC(=O)c2ccc(F)cc2)cc1. The summed E-state index contributed by atoms with van der Waals surface area (Å²) in [6.45, 7) is 3.72. The van der Waals surface area contributed by atoms with Gasteiger partial charge in [-0.25, -0.2) is 4.39 Å². The molecule has 142 valence electrons. The molecule has 1 aliphatic heterocycles. The van der Waals surface area contributed by atoms with Gasteiger partial charge in [-0.2, -0.15) is 0 Å². The van der Waals surface area contributed by atoms with E-state index in [9.17, 15) is 14.0 Å². The largest absolute Gasteiger partial charge is 0.349 e. The molecule has 1 aliphatic rings. The van der Waals surface area contributed by atoms with E-state index >= 15 is 0 Å². The van der Waals surface area contributed by atoms with Crippen molar-refractivity contribution in [3.8, 4) is 0 Å². The van der Waals surface area contributed by atoms with Gasteiger partial charge < -0.3 is 16.0 Å². The lowest BCUT2D eigenvalue weighted by molar-refractivity contribution is -0.126. The maximum absolute atomic E-state index is 12.9. The van der Waals surface area contributed by atoms with E-state index < -0.39 is 0 Å². The number of rotatable bonds is 5. The van der Waals surface area contributed by atoms with Gasteiger partial charge in [0, 0.05) is 17.2 Å². The first kappa shape index (κ1) is 19.0. The molecule has 0 aromatic heterocycles. The Kier molecular flexibility index (Phi) is 6.19. The standard InChI is InChI=1S/C21H24FN3O2/c1-14(24-20(26)17-10-12-23-13-11-17)15-4-8-19(9-5-15)25-21(27)16-2-6-18(22)7-3-16/h2-9,14,17,23H,10-13H2,1H3,(H,24,26)(H,25,27). The Labute approximate surface area is 158 Å². The topological polar surface area (TPSA) is 70.2 Å². The highest BCUT2D eigenvalue weighted by Gasteiger charge is 2.22. The fourth-order valence-electron chi connectivity index (χ4n) is 3.16. The van der Waals surface area contributed by atoms with Crippen LogP contribution in [-0.4, -0.2) is 24.9 Å². The van der Waals surface area contributed by atoms with E-state index in [0.717, 1.165) is 31.5 Å². The zero-order valence-electron chi connectivity index (χ0n) is 15.3. The number of nitrogens with one attached hydrogen (secondary N) is 3. The van der Waals surface area contributed by atoms with Crippen LogP contribution in [0.3, 0.4) is 0 Å². The molecule has 5 nitrogen and oxygen atoms in total. The number of benzene rings is 2. The fourth-order valence-corrected chi connectivity index (χ4v) is 3.16. The van der Waals surface area contributed by atoms with Crippen molar-refractivity contribution in [2.45, 2.75) is 25.8 Å². The summed E-state index contributed by atoms with van der Waals surface area (Å²) in [6.07, 6.45) is 1.74. The Balaban J connectivity index is 1.56. The average molecular weight is 369 g/mol. The Bertz CT molecular complexity index is 784. The van der Waals surface area contributed by atoms with E-state index in [-0.39, 0.29) is 29.6 Å². The van der Waals surface area contributed by atoms with Crippen LogP contribution in [0.4, 0.5) is 10.1 Å². The summed E-state index contributed by atoms with van der Waals surface area (Å²) in [6, 6.07) is 12.6. The molecule has 6 heteroatoms. The molecule has 1 heterocycles. The zero-order valence-corrected chi connectivity index (χ0v) is 15.3. The van der Waals surface area contributed by atoms with E-state index in [2.05, 4.69) is 16.0 Å². The van der Waals surface area contributed by atoms with Crippen LogP contribution in [0, 0.1) is 11.7 Å². The van der Waals surface area contributed by atoms with Gasteiger partial charge in [0.2, 0.25) is 5.91 Å². The molecule has 0 bridgehead atoms. The molecule has 0 aliphatic carbocycles. The third kappa shape index (κ3) is 5.14. The summed E-state index contributed by atoms with van der Waals surface area (Å²) in [5, 5.41) is 9.11. The summed E-state index contributed by atoms with van der Waals surface area (Å²) in [5.41, 5.74) is 2.00. The van der Waals surface area contributed by atoms with E-state index in [4.69, 9.17) is 0 Å². The van der Waals surface area contributed by atoms with Crippen LogP contribution in [0.2, 0.25) is 0 Å². The number of amides is 2. The number of hydrogen-bond acceptors (Lipinski definition) is 3. The van der Waals surface area contributed by atoms with Gasteiger partial charge in [0.05, 0.1) is 6.04 Å². The molecule has 3 N–H and O–H groups in total. The normalized spacial score (nSPS) is 15.8. The first-order chi connectivity index (χ1) is 13.0. The summed E-state index contributed by atoms with van der Waals surface area (Å²) in [4.78, 5) is 24.5. The molecular weight excluding hydrogens is 345 g/mol. The Morgan fingerprint density at radius 3 is 2.30 bits per heavy atom. The Morgan fingerprint density at radius 2 is 1.67 bits per heavy atom. The quantitative estimate of drug-likeness (QED) is 0.758. The molecule has 1 saturated heterocycles. The van der Waals surface area contributed by atoms with Crippen LogP contribution in [-0.2, 0) is 4.79 Å². The monoisotopic (exact) mass is 369 g/mol. The van der Waals surface area contributed by atoms with Gasteiger partial charge in [-0.15, -0.1) is 0 Å². The van der Waals surface area contributed by atoms with Gasteiger partial charge in [-0.3, -0.25) is 9.59 Å². The van der Waals surface area contributed by atoms with Crippen molar-refractivity contribution < 1.29 is 14.0 Å². The second kappa shape index (κ2) is 8.77. The molecule has 2 aromatic rings. The van der Waals surface area contributed by atoms with Gasteiger partial charge in [0.25, 0.3) is 5.91 Å². The first-order valence-corrected chi connectivity index (χ1v) is 9.21. The molecule has 1 fully saturated rings. The van der Waals surface area contributed by atoms with Crippen LogP contribution in [0.5, 0.6) is 0 Å². The molecule has 2 amide bonds. The number of anilines is 1. The molecular formula is C21H24FN3O2. The van der Waals surface area contributed by atoms with Gasteiger partial charge in [0.1, 0.15) is 5.82 Å². The van der Waals surface area contributed by atoms with Crippen molar-refractivity contribution in [1.29, 1.82) is 0 Å². The lowest BCUT2D eigenvalue weighted by Crippen LogP contribution is -2.39. The average Bonchev–Trinajstić information content (AvgIpc) is 2.69. The predicted molar refractivity (Wildman–Crippen MR) is 103 cm³/mol. The number of piperidine rings is 1. The number of hydrogen-bond donors (Lipinski definition) is 3. The summed E-state index contributed by atoms with van der Waals surface area (Å²) in [7, 11) is 0. The fraction of sp³-hybridized carbons (Fsp3) is 0.333. The highest BCUT2D eigenvalue weighted by Crippen LogP contribution is 2.19. The third-order valence-corrected chi connectivity index (χ3v) is 4.84. The van der Waals surface area contributed by atoms with Gasteiger partial charge in [-0.05, 0) is 74.8 Å². The van der Waals surface area contributed by atoms with Crippen LogP contribution in [0.25, 0.3) is 0 Å². The van der Waals surface area contributed by atoms with Gasteiger partial charge in [0.15, 0.2) is 0 Å². The van der Waals surface area contributed by atoms with Gasteiger partial charge in [-0.1, -0.05) is 12.1 Å². The molecule has 27 heavy (non-hydrogen) atoms. The molecule has 2 aromatic carbocycles. The van der Waals surface area contributed by atoms with Crippen molar-refractivity contribution in [1.82, 2.24) is 10.6 Å². The van der Waals surface area contributed by atoms with Crippen LogP contribution in [0.1, 0.15) is 41.7 Å². The summed E-state index contributed by atoms with van der Waals surface area (Å²) in [5.74, 6) is -0.507. The molecule has 0 spiro atoms. The number of carbonyl (C=O) groups excluding carboxylic acids is 2. The first-order valence-electron chi connectivity index (χ1n) is 9.21. The minimum Gasteiger partial charge on any atom is -0.349 e. The highest BCUT2D eigenvalue weighted by molar-refractivity contribution is 6.04. The minimum absolute atomic E-state index is 0.0722. The molecule has 0 radical (unpaired) electrons. The zero-order chi connectivity index (χ0) is 19.2. The van der Waals surface area contributed by atoms with Crippen molar-refractivity contribution in [3.05, 3.63) is 65.5 Å². The van der Waals surface area contributed by atoms with Crippen molar-refractivity contribution in [2.75, 3.05) is 18.4 Å². The van der Waals surface area contributed by atoms with E-state index in [1.807, 2.05) is 19.1 Å². The minimum atomic E-state index is -0.378. The van der Waals surface area contributed by atoms with E-state index in [1.54, 1.807) is 12.1 Å². The van der Waals surface area contributed by atoms with Crippen molar-refractivity contribution in [3.63, 3.8) is 0 Å². The summed E-state index contributed by atoms with van der Waals surface area (Å²) < 4.78 is 12.9. The maximum Gasteiger partial charge on any atom is 0.255 e. The van der Waals surface area contributed by atoms with Crippen molar-refractivity contribution in [2.24, 2.45) is 5.92 Å².